The van der Waals surface area contributed by atoms with Crippen LogP contribution in [-0.4, -0.2) is 33.2 Å². The van der Waals surface area contributed by atoms with Gasteiger partial charge in [0.2, 0.25) is 0 Å². The lowest BCUT2D eigenvalue weighted by molar-refractivity contribution is 0.100. The van der Waals surface area contributed by atoms with Gasteiger partial charge in [-0.2, -0.15) is 5.10 Å². The van der Waals surface area contributed by atoms with Crippen LogP contribution in [0.2, 0.25) is 0 Å². The number of nitrogens with one attached hydrogen (secondary N) is 2. The van der Waals surface area contributed by atoms with E-state index in [1.165, 1.54) is 12.3 Å². The molecule has 9 heteroatoms. The summed E-state index contributed by atoms with van der Waals surface area (Å²) >= 11 is 0. The summed E-state index contributed by atoms with van der Waals surface area (Å²) in [6.07, 6.45) is 4.66. The van der Waals surface area contributed by atoms with Gasteiger partial charge in [-0.1, -0.05) is 6.07 Å². The summed E-state index contributed by atoms with van der Waals surface area (Å²) in [4.78, 5) is 20.6. The molecule has 0 saturated carbocycles. The molecule has 0 aliphatic heterocycles. The van der Waals surface area contributed by atoms with Crippen LogP contribution >= 0.6 is 0 Å². The van der Waals surface area contributed by atoms with Gasteiger partial charge < -0.3 is 15.8 Å². The number of carbonyl (C=O) groups excluding carboxylic acids is 1. The average Bonchev–Trinajstić information content (AvgIpc) is 3.17. The molecule has 1 amide bonds. The van der Waals surface area contributed by atoms with Gasteiger partial charge in [0, 0.05) is 42.1 Å². The molecule has 4 N–H and O–H groups in total. The maximum atomic E-state index is 14.9. The van der Waals surface area contributed by atoms with Gasteiger partial charge in [0.05, 0.1) is 47.5 Å². The fraction of sp³-hybridized carbons (Fsp3) is 0.182. The largest absolute Gasteiger partial charge is 0.378 e. The quantitative estimate of drug-likeness (QED) is 0.422. The van der Waals surface area contributed by atoms with Gasteiger partial charge in [0.15, 0.2) is 0 Å². The number of carbonyl (C=O) groups is 1. The van der Waals surface area contributed by atoms with E-state index in [9.17, 15) is 9.18 Å². The molecule has 0 bridgehead atoms. The summed E-state index contributed by atoms with van der Waals surface area (Å²) in [5.74, 6) is -1.07. The van der Waals surface area contributed by atoms with Crippen molar-refractivity contribution in [1.29, 1.82) is 0 Å². The van der Waals surface area contributed by atoms with Crippen LogP contribution in [-0.2, 0) is 17.9 Å². The molecule has 0 aliphatic rings. The highest BCUT2D eigenvalue weighted by Gasteiger charge is 2.17. The molecule has 0 saturated heterocycles. The lowest BCUT2D eigenvalue weighted by atomic mass is 10.0. The fourth-order valence-electron chi connectivity index (χ4n) is 3.36. The minimum absolute atomic E-state index is 0.218. The molecule has 0 unspecified atom stereocenters. The number of halogens is 1. The number of hydrogen-bond donors (Lipinski definition) is 3. The second-order valence-electron chi connectivity index (χ2n) is 7.12. The molecule has 0 atom stereocenters. The van der Waals surface area contributed by atoms with Gasteiger partial charge in [-0.15, -0.1) is 0 Å². The number of aryl methyl sites for hydroxylation is 1. The average molecular weight is 420 g/mol. The Hall–Kier alpha value is -3.85. The van der Waals surface area contributed by atoms with Crippen molar-refractivity contribution in [2.24, 2.45) is 5.73 Å². The molecule has 31 heavy (non-hydrogen) atoms. The second kappa shape index (κ2) is 8.49. The number of anilines is 1. The molecule has 8 nitrogen and oxygen atoms in total. The van der Waals surface area contributed by atoms with E-state index in [1.54, 1.807) is 37.7 Å². The van der Waals surface area contributed by atoms with Gasteiger partial charge in [0.1, 0.15) is 5.82 Å². The number of aromatic nitrogens is 4. The lowest BCUT2D eigenvalue weighted by Crippen LogP contribution is -2.15. The molecule has 1 aromatic carbocycles. The van der Waals surface area contributed by atoms with Crippen molar-refractivity contribution in [2.45, 2.75) is 20.1 Å². The molecule has 3 heterocycles. The van der Waals surface area contributed by atoms with Gasteiger partial charge >= 0.3 is 0 Å². The van der Waals surface area contributed by atoms with Crippen LogP contribution in [0.4, 0.5) is 10.1 Å². The number of methoxy groups -OCH3 is 1. The number of nitrogens with zero attached hydrogens (tertiary/aromatic N) is 3. The Morgan fingerprint density at radius 2 is 2.06 bits per heavy atom. The number of aromatic amines is 1. The number of pyridine rings is 2. The third-order valence-electron chi connectivity index (χ3n) is 5.03. The molecule has 0 aliphatic carbocycles. The molecular formula is C22H21FN6O2. The Kier molecular flexibility index (Phi) is 5.59. The summed E-state index contributed by atoms with van der Waals surface area (Å²) in [6, 6.07) is 6.54. The number of H-pyrrole nitrogens is 1. The highest BCUT2D eigenvalue weighted by atomic mass is 19.1. The summed E-state index contributed by atoms with van der Waals surface area (Å²) in [5.41, 5.74) is 10.2. The SMILES string of the molecule is COCc1ccc(-c2cc3c(NCc4[nH]ncc4C)c(C(N)=O)cnc3cc2F)cn1. The van der Waals surface area contributed by atoms with E-state index in [2.05, 4.69) is 25.5 Å². The van der Waals surface area contributed by atoms with Crippen molar-refractivity contribution in [3.05, 3.63) is 71.2 Å². The van der Waals surface area contributed by atoms with Gasteiger partial charge in [0.25, 0.3) is 5.91 Å². The number of ether oxygens (including phenoxy) is 1. The predicted molar refractivity (Wildman–Crippen MR) is 115 cm³/mol. The maximum absolute atomic E-state index is 14.9. The van der Waals surface area contributed by atoms with Crippen molar-refractivity contribution in [2.75, 3.05) is 12.4 Å². The summed E-state index contributed by atoms with van der Waals surface area (Å²) in [7, 11) is 1.58. The molecule has 158 valence electrons. The summed E-state index contributed by atoms with van der Waals surface area (Å²) < 4.78 is 20.0. The van der Waals surface area contributed by atoms with Crippen LogP contribution in [0, 0.1) is 12.7 Å². The monoisotopic (exact) mass is 420 g/mol. The minimum Gasteiger partial charge on any atom is -0.378 e. The number of rotatable bonds is 7. The van der Waals surface area contributed by atoms with E-state index < -0.39 is 11.7 Å². The Bertz CT molecular complexity index is 1250. The third-order valence-corrected chi connectivity index (χ3v) is 5.03. The predicted octanol–water partition coefficient (Wildman–Crippen LogP) is 3.32. The Morgan fingerprint density at radius 1 is 1.23 bits per heavy atom. The summed E-state index contributed by atoms with van der Waals surface area (Å²) in [5, 5.41) is 10.7. The Labute approximate surface area is 177 Å². The maximum Gasteiger partial charge on any atom is 0.252 e. The van der Waals surface area contributed by atoms with Gasteiger partial charge in [-0.3, -0.25) is 19.9 Å². The standard InChI is InChI=1S/C22H21FN6O2/c1-12-7-28-29-20(12)10-27-21-16-5-15(13-3-4-14(11-31-2)25-8-13)18(23)6-19(16)26-9-17(21)22(24)30/h3-9H,10-11H2,1-2H3,(H2,24,30)(H,26,27)(H,28,29). The van der Waals surface area contributed by atoms with Crippen molar-refractivity contribution in [3.8, 4) is 11.1 Å². The molecule has 0 radical (unpaired) electrons. The first kappa shape index (κ1) is 20.4. The van der Waals surface area contributed by atoms with Crippen molar-refractivity contribution in [1.82, 2.24) is 20.2 Å². The van der Waals surface area contributed by atoms with E-state index in [4.69, 9.17) is 10.5 Å². The smallest absolute Gasteiger partial charge is 0.252 e. The molecule has 4 aromatic rings. The van der Waals surface area contributed by atoms with E-state index in [-0.39, 0.29) is 5.56 Å². The zero-order valence-electron chi connectivity index (χ0n) is 17.1. The Balaban J connectivity index is 1.81. The zero-order valence-corrected chi connectivity index (χ0v) is 17.1. The normalized spacial score (nSPS) is 11.1. The number of benzene rings is 1. The lowest BCUT2D eigenvalue weighted by Gasteiger charge is -2.14. The van der Waals surface area contributed by atoms with E-state index in [1.807, 2.05) is 6.92 Å². The molecule has 0 spiro atoms. The van der Waals surface area contributed by atoms with E-state index in [0.717, 1.165) is 17.0 Å². The number of hydrogen-bond acceptors (Lipinski definition) is 6. The van der Waals surface area contributed by atoms with Crippen molar-refractivity contribution < 1.29 is 13.9 Å². The number of primary amides is 1. The topological polar surface area (TPSA) is 119 Å². The van der Waals surface area contributed by atoms with Crippen LogP contribution < -0.4 is 11.1 Å². The number of nitrogens with two attached hydrogens (primary N) is 1. The molecule has 3 aromatic heterocycles. The van der Waals surface area contributed by atoms with Crippen LogP contribution in [0.1, 0.15) is 27.3 Å². The van der Waals surface area contributed by atoms with Crippen LogP contribution in [0.15, 0.2) is 42.9 Å². The van der Waals surface area contributed by atoms with E-state index in [0.29, 0.717) is 40.9 Å². The highest BCUT2D eigenvalue weighted by molar-refractivity contribution is 6.07. The minimum atomic E-state index is -0.630. The second-order valence-corrected chi connectivity index (χ2v) is 7.12. The number of amides is 1. The van der Waals surface area contributed by atoms with Gasteiger partial charge in [-0.05, 0) is 24.6 Å². The molecule has 4 rings (SSSR count). The van der Waals surface area contributed by atoms with Crippen LogP contribution in [0.3, 0.4) is 0 Å². The summed E-state index contributed by atoms with van der Waals surface area (Å²) in [6.45, 7) is 2.67. The van der Waals surface area contributed by atoms with Crippen LogP contribution in [0.5, 0.6) is 0 Å². The fourth-order valence-corrected chi connectivity index (χ4v) is 3.36. The highest BCUT2D eigenvalue weighted by Crippen LogP contribution is 2.33. The van der Waals surface area contributed by atoms with Crippen LogP contribution in [0.25, 0.3) is 22.0 Å². The Morgan fingerprint density at radius 3 is 2.71 bits per heavy atom. The zero-order chi connectivity index (χ0) is 22.0. The molecule has 0 fully saturated rings. The first-order valence-corrected chi connectivity index (χ1v) is 9.57. The first-order chi connectivity index (χ1) is 15.0. The van der Waals surface area contributed by atoms with Gasteiger partial charge in [-0.25, -0.2) is 4.39 Å². The van der Waals surface area contributed by atoms with Crippen molar-refractivity contribution in [3.63, 3.8) is 0 Å². The van der Waals surface area contributed by atoms with Crippen molar-refractivity contribution >= 4 is 22.5 Å². The first-order valence-electron chi connectivity index (χ1n) is 9.57. The third kappa shape index (κ3) is 4.08. The molecular weight excluding hydrogens is 399 g/mol. The number of fused-ring (bicyclic) bond motifs is 1. The van der Waals surface area contributed by atoms with E-state index >= 15 is 0 Å².